The Bertz CT molecular complexity index is 411. The number of halogens is 2. The number of nitriles is 1. The largest absolute Gasteiger partial charge is 0.478 e. The van der Waals surface area contributed by atoms with Gasteiger partial charge in [0.05, 0.1) is 16.1 Å². The van der Waals surface area contributed by atoms with Crippen molar-refractivity contribution in [3.05, 3.63) is 34.1 Å². The predicted octanol–water partition coefficient (Wildman–Crippen LogP) is 2.05. The van der Waals surface area contributed by atoms with Crippen LogP contribution in [0.4, 0.5) is 4.39 Å². The first-order valence-corrected chi connectivity index (χ1v) is 3.56. The van der Waals surface area contributed by atoms with Crippen LogP contribution in [-0.2, 0) is 0 Å². The molecule has 0 amide bonds. The maximum Gasteiger partial charge on any atom is 0.337 e. The van der Waals surface area contributed by atoms with Crippen LogP contribution in [0, 0.1) is 17.1 Å². The van der Waals surface area contributed by atoms with Crippen LogP contribution in [0.25, 0.3) is 0 Å². The molecule has 0 atom stereocenters. The summed E-state index contributed by atoms with van der Waals surface area (Å²) in [6, 6.07) is 3.25. The molecule has 0 aliphatic heterocycles. The lowest BCUT2D eigenvalue weighted by Crippen LogP contribution is -2.01. The van der Waals surface area contributed by atoms with E-state index in [-0.39, 0.29) is 10.6 Å². The monoisotopic (exact) mass is 199 g/mol. The molecule has 0 unspecified atom stereocenters. The Hall–Kier alpha value is -1.60. The maximum absolute atomic E-state index is 12.6. The molecular formula is C8H3ClFNO2. The smallest absolute Gasteiger partial charge is 0.337 e. The van der Waals surface area contributed by atoms with Crippen molar-refractivity contribution in [2.24, 2.45) is 0 Å². The van der Waals surface area contributed by atoms with Gasteiger partial charge in [0.15, 0.2) is 0 Å². The molecule has 0 bridgehead atoms. The number of aromatic carboxylic acids is 1. The van der Waals surface area contributed by atoms with Crippen LogP contribution >= 0.6 is 11.6 Å². The third-order valence-electron chi connectivity index (χ3n) is 1.40. The molecular weight excluding hydrogens is 197 g/mol. The number of hydrogen-bond donors (Lipinski definition) is 1. The van der Waals surface area contributed by atoms with Crippen molar-refractivity contribution >= 4 is 17.6 Å². The van der Waals surface area contributed by atoms with E-state index in [2.05, 4.69) is 0 Å². The lowest BCUT2D eigenvalue weighted by atomic mass is 10.1. The summed E-state index contributed by atoms with van der Waals surface area (Å²) in [6.07, 6.45) is 0. The molecule has 1 aromatic carbocycles. The van der Waals surface area contributed by atoms with E-state index in [9.17, 15) is 9.18 Å². The molecule has 0 saturated carbocycles. The fourth-order valence-electron chi connectivity index (χ4n) is 0.856. The van der Waals surface area contributed by atoms with E-state index in [4.69, 9.17) is 22.0 Å². The number of rotatable bonds is 1. The van der Waals surface area contributed by atoms with E-state index in [1.54, 1.807) is 6.07 Å². The SMILES string of the molecule is N#Cc1c(Cl)cc(F)cc1C(=O)O. The minimum atomic E-state index is -1.38. The highest BCUT2D eigenvalue weighted by Crippen LogP contribution is 2.21. The Kier molecular flexibility index (Phi) is 2.49. The Labute approximate surface area is 78.0 Å². The van der Waals surface area contributed by atoms with Crippen molar-refractivity contribution in [3.63, 3.8) is 0 Å². The normalized spacial score (nSPS) is 9.31. The molecule has 13 heavy (non-hydrogen) atoms. The van der Waals surface area contributed by atoms with Crippen molar-refractivity contribution in [3.8, 4) is 6.07 Å². The summed E-state index contributed by atoms with van der Waals surface area (Å²) >= 11 is 5.45. The quantitative estimate of drug-likeness (QED) is 0.753. The van der Waals surface area contributed by atoms with Crippen LogP contribution in [-0.4, -0.2) is 11.1 Å². The number of carbonyl (C=O) groups is 1. The second-order valence-corrected chi connectivity index (χ2v) is 2.63. The Morgan fingerprint density at radius 1 is 1.62 bits per heavy atom. The summed E-state index contributed by atoms with van der Waals surface area (Å²) in [6.45, 7) is 0. The molecule has 1 aromatic rings. The van der Waals surface area contributed by atoms with Gasteiger partial charge < -0.3 is 5.11 Å². The van der Waals surface area contributed by atoms with Crippen LogP contribution < -0.4 is 0 Å². The van der Waals surface area contributed by atoms with Gasteiger partial charge in [-0.3, -0.25) is 0 Å². The third-order valence-corrected chi connectivity index (χ3v) is 1.70. The van der Waals surface area contributed by atoms with Gasteiger partial charge in [0.1, 0.15) is 11.9 Å². The van der Waals surface area contributed by atoms with Crippen molar-refractivity contribution in [2.45, 2.75) is 0 Å². The summed E-state index contributed by atoms with van der Waals surface area (Å²) in [5.41, 5.74) is -0.650. The molecule has 0 aliphatic carbocycles. The van der Waals surface area contributed by atoms with Gasteiger partial charge in [-0.2, -0.15) is 5.26 Å². The maximum atomic E-state index is 12.6. The lowest BCUT2D eigenvalue weighted by Gasteiger charge is -2.00. The third kappa shape index (κ3) is 1.76. The summed E-state index contributed by atoms with van der Waals surface area (Å²) in [5, 5.41) is 16.9. The first-order valence-electron chi connectivity index (χ1n) is 3.18. The van der Waals surface area contributed by atoms with Crippen molar-refractivity contribution in [1.29, 1.82) is 5.26 Å². The Morgan fingerprint density at radius 2 is 2.23 bits per heavy atom. The molecule has 5 heteroatoms. The van der Waals surface area contributed by atoms with E-state index >= 15 is 0 Å². The topological polar surface area (TPSA) is 61.1 Å². The summed E-state index contributed by atoms with van der Waals surface area (Å²) in [4.78, 5) is 10.5. The van der Waals surface area contributed by atoms with Crippen LogP contribution in [0.15, 0.2) is 12.1 Å². The molecule has 0 aliphatic rings. The van der Waals surface area contributed by atoms with Crippen molar-refractivity contribution in [1.82, 2.24) is 0 Å². The predicted molar refractivity (Wildman–Crippen MR) is 43.1 cm³/mol. The molecule has 0 fully saturated rings. The Morgan fingerprint density at radius 3 is 2.69 bits per heavy atom. The van der Waals surface area contributed by atoms with Gasteiger partial charge in [-0.05, 0) is 12.1 Å². The van der Waals surface area contributed by atoms with Gasteiger partial charge in [0.2, 0.25) is 0 Å². The van der Waals surface area contributed by atoms with Gasteiger partial charge in [-0.1, -0.05) is 11.6 Å². The highest BCUT2D eigenvalue weighted by atomic mass is 35.5. The number of carboxylic acid groups (broad SMARTS) is 1. The summed E-state index contributed by atoms with van der Waals surface area (Å²) < 4.78 is 12.6. The first kappa shape index (κ1) is 9.49. The van der Waals surface area contributed by atoms with Gasteiger partial charge in [-0.15, -0.1) is 0 Å². The average Bonchev–Trinajstić information content (AvgIpc) is 2.02. The molecule has 1 N–H and O–H groups in total. The molecule has 66 valence electrons. The molecule has 3 nitrogen and oxygen atoms in total. The van der Waals surface area contributed by atoms with E-state index in [0.29, 0.717) is 0 Å². The van der Waals surface area contributed by atoms with E-state index < -0.39 is 17.3 Å². The fraction of sp³-hybridized carbons (Fsp3) is 0. The second kappa shape index (κ2) is 3.42. The lowest BCUT2D eigenvalue weighted by molar-refractivity contribution is 0.0696. The van der Waals surface area contributed by atoms with E-state index in [0.717, 1.165) is 12.1 Å². The van der Waals surface area contributed by atoms with E-state index in [1.165, 1.54) is 0 Å². The number of hydrogen-bond acceptors (Lipinski definition) is 2. The van der Waals surface area contributed by atoms with E-state index in [1.807, 2.05) is 0 Å². The molecule has 0 aromatic heterocycles. The summed E-state index contributed by atoms with van der Waals surface area (Å²) in [5.74, 6) is -2.15. The first-order chi connectivity index (χ1) is 6.06. The van der Waals surface area contributed by atoms with Gasteiger partial charge >= 0.3 is 5.97 Å². The van der Waals surface area contributed by atoms with Gasteiger partial charge in [-0.25, -0.2) is 9.18 Å². The number of benzene rings is 1. The highest BCUT2D eigenvalue weighted by molar-refractivity contribution is 6.32. The van der Waals surface area contributed by atoms with Crippen LogP contribution in [0.5, 0.6) is 0 Å². The minimum Gasteiger partial charge on any atom is -0.478 e. The van der Waals surface area contributed by atoms with Crippen LogP contribution in [0.1, 0.15) is 15.9 Å². The van der Waals surface area contributed by atoms with Gasteiger partial charge in [0.25, 0.3) is 0 Å². The molecule has 1 rings (SSSR count). The zero-order valence-electron chi connectivity index (χ0n) is 6.21. The molecule has 0 saturated heterocycles. The van der Waals surface area contributed by atoms with Crippen molar-refractivity contribution < 1.29 is 14.3 Å². The fourth-order valence-corrected chi connectivity index (χ4v) is 1.10. The molecule has 0 radical (unpaired) electrons. The zero-order chi connectivity index (χ0) is 10.0. The molecule has 0 heterocycles. The van der Waals surface area contributed by atoms with Crippen LogP contribution in [0.2, 0.25) is 5.02 Å². The molecule has 0 spiro atoms. The Balaban J connectivity index is 3.50. The van der Waals surface area contributed by atoms with Crippen molar-refractivity contribution in [2.75, 3.05) is 0 Å². The standard InChI is InChI=1S/C8H3ClFNO2/c9-7-2-4(10)1-5(8(12)13)6(7)3-11/h1-2H,(H,12,13). The van der Waals surface area contributed by atoms with Crippen LogP contribution in [0.3, 0.4) is 0 Å². The zero-order valence-corrected chi connectivity index (χ0v) is 6.97. The second-order valence-electron chi connectivity index (χ2n) is 2.23. The summed E-state index contributed by atoms with van der Waals surface area (Å²) in [7, 11) is 0. The van der Waals surface area contributed by atoms with Gasteiger partial charge in [0, 0.05) is 0 Å². The number of nitrogens with zero attached hydrogens (tertiary/aromatic N) is 1. The highest BCUT2D eigenvalue weighted by Gasteiger charge is 2.14. The minimum absolute atomic E-state index is 0.195. The average molecular weight is 200 g/mol. The number of carboxylic acids is 1.